The van der Waals surface area contributed by atoms with E-state index in [1.807, 2.05) is 44.2 Å². The van der Waals surface area contributed by atoms with E-state index in [1.165, 1.54) is 11.1 Å². The number of carbonyl (C=O) groups excluding carboxylic acids is 1. The van der Waals surface area contributed by atoms with Gasteiger partial charge in [-0.3, -0.25) is 4.79 Å². The van der Waals surface area contributed by atoms with Crippen LogP contribution in [-0.4, -0.2) is 5.97 Å². The van der Waals surface area contributed by atoms with Crippen molar-refractivity contribution in [1.29, 1.82) is 0 Å². The van der Waals surface area contributed by atoms with Crippen LogP contribution in [0.25, 0.3) is 0 Å². The minimum Gasteiger partial charge on any atom is -0.426 e. The van der Waals surface area contributed by atoms with Gasteiger partial charge in [-0.2, -0.15) is 0 Å². The van der Waals surface area contributed by atoms with E-state index in [1.54, 1.807) is 0 Å². The van der Waals surface area contributed by atoms with Gasteiger partial charge in [-0.05, 0) is 18.6 Å². The van der Waals surface area contributed by atoms with Crippen molar-refractivity contribution in [1.82, 2.24) is 0 Å². The SMILES string of the molecule is CC.Cc1ccc2c(c1)C(c1ccccc1)CC(=O)O2. The second kappa shape index (κ2) is 6.38. The average molecular weight is 268 g/mol. The van der Waals surface area contributed by atoms with Crippen molar-refractivity contribution in [2.24, 2.45) is 0 Å². The number of hydrogen-bond donors (Lipinski definition) is 0. The summed E-state index contributed by atoms with van der Waals surface area (Å²) in [6, 6.07) is 16.1. The number of aryl methyl sites for hydroxylation is 1. The first kappa shape index (κ1) is 14.3. The topological polar surface area (TPSA) is 26.3 Å². The zero-order valence-corrected chi connectivity index (χ0v) is 12.2. The van der Waals surface area contributed by atoms with E-state index in [0.29, 0.717) is 12.2 Å². The molecule has 1 heterocycles. The van der Waals surface area contributed by atoms with E-state index in [9.17, 15) is 4.79 Å². The lowest BCUT2D eigenvalue weighted by Crippen LogP contribution is -2.21. The van der Waals surface area contributed by atoms with Crippen LogP contribution in [0.2, 0.25) is 0 Å². The van der Waals surface area contributed by atoms with Gasteiger partial charge >= 0.3 is 5.97 Å². The lowest BCUT2D eigenvalue weighted by molar-refractivity contribution is -0.135. The second-order valence-electron chi connectivity index (χ2n) is 4.68. The minimum absolute atomic E-state index is 0.113. The molecule has 0 radical (unpaired) electrons. The molecule has 1 unspecified atom stereocenters. The summed E-state index contributed by atoms with van der Waals surface area (Å²) in [7, 11) is 0. The first-order valence-corrected chi connectivity index (χ1v) is 7.10. The predicted octanol–water partition coefficient (Wildman–Crippen LogP) is 4.46. The number of carbonyl (C=O) groups is 1. The fourth-order valence-corrected chi connectivity index (χ4v) is 2.46. The van der Waals surface area contributed by atoms with Gasteiger partial charge in [0, 0.05) is 11.5 Å². The van der Waals surface area contributed by atoms with Crippen molar-refractivity contribution >= 4 is 5.97 Å². The maximum atomic E-state index is 11.7. The maximum absolute atomic E-state index is 11.7. The van der Waals surface area contributed by atoms with Crippen molar-refractivity contribution in [2.45, 2.75) is 33.1 Å². The lowest BCUT2D eigenvalue weighted by Gasteiger charge is -2.25. The van der Waals surface area contributed by atoms with Gasteiger partial charge in [0.25, 0.3) is 0 Å². The molecule has 1 aliphatic heterocycles. The quantitative estimate of drug-likeness (QED) is 0.563. The summed E-state index contributed by atoms with van der Waals surface area (Å²) >= 11 is 0. The summed E-state index contributed by atoms with van der Waals surface area (Å²) in [5.41, 5.74) is 3.47. The van der Waals surface area contributed by atoms with Crippen LogP contribution in [0.3, 0.4) is 0 Å². The fraction of sp³-hybridized carbons (Fsp3) is 0.278. The molecule has 0 amide bonds. The van der Waals surface area contributed by atoms with Gasteiger partial charge in [-0.25, -0.2) is 0 Å². The third-order valence-corrected chi connectivity index (χ3v) is 3.34. The van der Waals surface area contributed by atoms with Gasteiger partial charge in [0.1, 0.15) is 5.75 Å². The van der Waals surface area contributed by atoms with Crippen LogP contribution in [0.4, 0.5) is 0 Å². The molecule has 0 saturated heterocycles. The van der Waals surface area contributed by atoms with Crippen molar-refractivity contribution in [3.8, 4) is 5.75 Å². The molecule has 0 N–H and O–H groups in total. The van der Waals surface area contributed by atoms with Gasteiger partial charge in [-0.1, -0.05) is 61.9 Å². The third-order valence-electron chi connectivity index (χ3n) is 3.34. The Morgan fingerprint density at radius 1 is 1.05 bits per heavy atom. The van der Waals surface area contributed by atoms with Crippen LogP contribution >= 0.6 is 0 Å². The molecule has 0 spiro atoms. The molecule has 0 fully saturated rings. The molecule has 1 aliphatic rings. The molecule has 104 valence electrons. The highest BCUT2D eigenvalue weighted by Crippen LogP contribution is 2.38. The van der Waals surface area contributed by atoms with Crippen LogP contribution in [0.15, 0.2) is 48.5 Å². The van der Waals surface area contributed by atoms with E-state index >= 15 is 0 Å². The standard InChI is InChI=1S/C16H14O2.C2H6/c1-11-7-8-15-14(9-11)13(10-16(17)18-15)12-5-3-2-4-6-12;1-2/h2-9,13H,10H2,1H3;1-2H3. The second-order valence-corrected chi connectivity index (χ2v) is 4.68. The van der Waals surface area contributed by atoms with E-state index in [2.05, 4.69) is 25.1 Å². The number of hydrogen-bond acceptors (Lipinski definition) is 2. The molecule has 0 saturated carbocycles. The number of rotatable bonds is 1. The third kappa shape index (κ3) is 2.90. The average Bonchev–Trinajstić information content (AvgIpc) is 2.50. The zero-order valence-electron chi connectivity index (χ0n) is 12.2. The van der Waals surface area contributed by atoms with E-state index in [0.717, 1.165) is 5.56 Å². The lowest BCUT2D eigenvalue weighted by atomic mass is 9.86. The number of fused-ring (bicyclic) bond motifs is 1. The van der Waals surface area contributed by atoms with Gasteiger partial charge in [0.05, 0.1) is 6.42 Å². The first-order valence-electron chi connectivity index (χ1n) is 7.10. The Hall–Kier alpha value is -2.09. The number of benzene rings is 2. The molecule has 2 heteroatoms. The molecule has 3 rings (SSSR count). The Balaban J connectivity index is 0.000000704. The van der Waals surface area contributed by atoms with Gasteiger partial charge in [0.2, 0.25) is 0 Å². The van der Waals surface area contributed by atoms with Crippen molar-refractivity contribution < 1.29 is 9.53 Å². The summed E-state index contributed by atoms with van der Waals surface area (Å²) in [5.74, 6) is 0.660. The summed E-state index contributed by atoms with van der Waals surface area (Å²) in [6.07, 6.45) is 0.417. The van der Waals surface area contributed by atoms with Crippen LogP contribution in [-0.2, 0) is 4.79 Å². The molecule has 2 aromatic rings. The predicted molar refractivity (Wildman–Crippen MR) is 81.1 cm³/mol. The summed E-state index contributed by atoms with van der Waals surface area (Å²) in [6.45, 7) is 6.05. The minimum atomic E-state index is -0.153. The fourth-order valence-electron chi connectivity index (χ4n) is 2.46. The molecular weight excluding hydrogens is 248 g/mol. The first-order chi connectivity index (χ1) is 9.74. The van der Waals surface area contributed by atoms with E-state index in [-0.39, 0.29) is 11.9 Å². The highest BCUT2D eigenvalue weighted by atomic mass is 16.5. The molecule has 2 nitrogen and oxygen atoms in total. The Bertz CT molecular complexity index is 588. The highest BCUT2D eigenvalue weighted by Gasteiger charge is 2.28. The Labute approximate surface area is 120 Å². The highest BCUT2D eigenvalue weighted by molar-refractivity contribution is 5.77. The Morgan fingerprint density at radius 2 is 1.75 bits per heavy atom. The molecule has 0 aliphatic carbocycles. The zero-order chi connectivity index (χ0) is 14.5. The molecule has 20 heavy (non-hydrogen) atoms. The van der Waals surface area contributed by atoms with Gasteiger partial charge in [-0.15, -0.1) is 0 Å². The van der Waals surface area contributed by atoms with E-state index in [4.69, 9.17) is 4.74 Å². The largest absolute Gasteiger partial charge is 0.426 e. The molecule has 2 aromatic carbocycles. The summed E-state index contributed by atoms with van der Waals surface area (Å²) in [4.78, 5) is 11.7. The Morgan fingerprint density at radius 3 is 2.45 bits per heavy atom. The van der Waals surface area contributed by atoms with Crippen molar-refractivity contribution in [3.05, 3.63) is 65.2 Å². The number of esters is 1. The maximum Gasteiger partial charge on any atom is 0.312 e. The van der Waals surface area contributed by atoms with Crippen molar-refractivity contribution in [2.75, 3.05) is 0 Å². The molecule has 1 atom stereocenters. The molecule has 0 aromatic heterocycles. The molecule has 0 bridgehead atoms. The normalized spacial score (nSPS) is 16.6. The molecular formula is C18H20O2. The smallest absolute Gasteiger partial charge is 0.312 e. The van der Waals surface area contributed by atoms with Crippen LogP contribution in [0.1, 0.15) is 42.9 Å². The number of ether oxygens (including phenoxy) is 1. The summed E-state index contributed by atoms with van der Waals surface area (Å²) in [5, 5.41) is 0. The van der Waals surface area contributed by atoms with Crippen LogP contribution < -0.4 is 4.74 Å². The van der Waals surface area contributed by atoms with E-state index < -0.39 is 0 Å². The van der Waals surface area contributed by atoms with Gasteiger partial charge < -0.3 is 4.74 Å². The Kier molecular flexibility index (Phi) is 4.57. The van der Waals surface area contributed by atoms with Crippen LogP contribution in [0, 0.1) is 6.92 Å². The monoisotopic (exact) mass is 268 g/mol. The summed E-state index contributed by atoms with van der Waals surface area (Å²) < 4.78 is 5.30. The van der Waals surface area contributed by atoms with Gasteiger partial charge in [0.15, 0.2) is 0 Å². The van der Waals surface area contributed by atoms with Crippen LogP contribution in [0.5, 0.6) is 5.75 Å². The van der Waals surface area contributed by atoms with Crippen molar-refractivity contribution in [3.63, 3.8) is 0 Å².